The van der Waals surface area contributed by atoms with Gasteiger partial charge in [0.25, 0.3) is 0 Å². The van der Waals surface area contributed by atoms with Crippen LogP contribution >= 0.6 is 23.2 Å². The Morgan fingerprint density at radius 3 is 2.19 bits per heavy atom. The Kier molecular flexibility index (Phi) is 6.07. The van der Waals surface area contributed by atoms with Crippen molar-refractivity contribution < 1.29 is 9.59 Å². The molecule has 0 saturated heterocycles. The van der Waals surface area contributed by atoms with E-state index in [1.165, 1.54) is 6.08 Å². The molecule has 1 N–H and O–H groups in total. The first-order valence-corrected chi connectivity index (χ1v) is 8.92. The summed E-state index contributed by atoms with van der Waals surface area (Å²) in [6, 6.07) is 20.7. The highest BCUT2D eigenvalue weighted by Crippen LogP contribution is 2.24. The minimum absolute atomic E-state index is 0.213. The molecule has 27 heavy (non-hydrogen) atoms. The molecule has 0 spiro atoms. The summed E-state index contributed by atoms with van der Waals surface area (Å²) in [5.74, 6) is -0.565. The zero-order valence-electron chi connectivity index (χ0n) is 14.2. The largest absolute Gasteiger partial charge is 0.322 e. The number of anilines is 1. The van der Waals surface area contributed by atoms with Crippen molar-refractivity contribution in [2.24, 2.45) is 0 Å². The van der Waals surface area contributed by atoms with Gasteiger partial charge in [0.15, 0.2) is 5.78 Å². The summed E-state index contributed by atoms with van der Waals surface area (Å²) < 4.78 is 0. The molecule has 3 aromatic carbocycles. The molecule has 1 amide bonds. The van der Waals surface area contributed by atoms with Crippen molar-refractivity contribution in [3.05, 3.63) is 106 Å². The molecule has 3 rings (SSSR count). The third-order valence-electron chi connectivity index (χ3n) is 3.82. The van der Waals surface area contributed by atoms with E-state index in [-0.39, 0.29) is 11.7 Å². The van der Waals surface area contributed by atoms with Crippen LogP contribution in [0.4, 0.5) is 5.69 Å². The van der Waals surface area contributed by atoms with Gasteiger partial charge in [-0.3, -0.25) is 9.59 Å². The Morgan fingerprint density at radius 1 is 0.815 bits per heavy atom. The van der Waals surface area contributed by atoms with Gasteiger partial charge < -0.3 is 5.32 Å². The van der Waals surface area contributed by atoms with E-state index in [1.54, 1.807) is 72.8 Å². The highest BCUT2D eigenvalue weighted by atomic mass is 35.5. The molecule has 0 saturated carbocycles. The fraction of sp³-hybridized carbons (Fsp3) is 0. The van der Waals surface area contributed by atoms with Gasteiger partial charge in [0.2, 0.25) is 5.91 Å². The maximum absolute atomic E-state index is 12.8. The van der Waals surface area contributed by atoms with E-state index >= 15 is 0 Å². The molecule has 3 aromatic rings. The molecule has 0 aliphatic carbocycles. The third-order valence-corrected chi connectivity index (χ3v) is 4.30. The zero-order chi connectivity index (χ0) is 19.2. The lowest BCUT2D eigenvalue weighted by Crippen LogP contribution is -2.12. The van der Waals surface area contributed by atoms with Crippen LogP contribution < -0.4 is 5.32 Å². The second-order valence-corrected chi connectivity index (χ2v) is 6.63. The van der Waals surface area contributed by atoms with Crippen LogP contribution in [0.1, 0.15) is 21.5 Å². The first kappa shape index (κ1) is 18.9. The highest BCUT2D eigenvalue weighted by molar-refractivity contribution is 6.31. The minimum Gasteiger partial charge on any atom is -0.322 e. The second kappa shape index (κ2) is 8.67. The average Bonchev–Trinajstić information content (AvgIpc) is 2.69. The smallest absolute Gasteiger partial charge is 0.248 e. The Morgan fingerprint density at radius 2 is 1.48 bits per heavy atom. The molecular weight excluding hydrogens is 381 g/mol. The van der Waals surface area contributed by atoms with E-state index in [4.69, 9.17) is 23.2 Å². The summed E-state index contributed by atoms with van der Waals surface area (Å²) in [4.78, 5) is 25.1. The number of amides is 1. The Bertz CT molecular complexity index is 997. The molecule has 0 bridgehead atoms. The summed E-state index contributed by atoms with van der Waals surface area (Å²) in [7, 11) is 0. The molecule has 0 fully saturated rings. The molecule has 0 aliphatic heterocycles. The van der Waals surface area contributed by atoms with Gasteiger partial charge in [-0.1, -0.05) is 65.7 Å². The molecule has 134 valence electrons. The van der Waals surface area contributed by atoms with E-state index in [0.29, 0.717) is 26.9 Å². The van der Waals surface area contributed by atoms with Gasteiger partial charge in [-0.25, -0.2) is 0 Å². The predicted octanol–water partition coefficient (Wildman–Crippen LogP) is 5.88. The van der Waals surface area contributed by atoms with E-state index < -0.39 is 0 Å². The van der Waals surface area contributed by atoms with Crippen LogP contribution in [0.2, 0.25) is 10.0 Å². The van der Waals surface area contributed by atoms with Crippen molar-refractivity contribution >= 4 is 46.7 Å². The number of hydrogen-bond acceptors (Lipinski definition) is 2. The number of nitrogens with one attached hydrogen (secondary N) is 1. The molecule has 3 nitrogen and oxygen atoms in total. The van der Waals surface area contributed by atoms with Crippen molar-refractivity contribution in [1.29, 1.82) is 0 Å². The number of halogens is 2. The molecular formula is C22H15Cl2NO2. The van der Waals surface area contributed by atoms with Crippen molar-refractivity contribution in [2.45, 2.75) is 0 Å². The van der Waals surface area contributed by atoms with Gasteiger partial charge in [0, 0.05) is 27.2 Å². The second-order valence-electron chi connectivity index (χ2n) is 5.76. The lowest BCUT2D eigenvalue weighted by molar-refractivity contribution is -0.111. The number of rotatable bonds is 5. The average molecular weight is 396 g/mol. The lowest BCUT2D eigenvalue weighted by atomic mass is 10.0. The molecule has 0 aromatic heterocycles. The maximum Gasteiger partial charge on any atom is 0.248 e. The van der Waals surface area contributed by atoms with Gasteiger partial charge >= 0.3 is 0 Å². The van der Waals surface area contributed by atoms with Crippen LogP contribution in [0.5, 0.6) is 0 Å². The number of carbonyl (C=O) groups excluding carboxylic acids is 2. The molecule has 0 aliphatic rings. The van der Waals surface area contributed by atoms with Crippen molar-refractivity contribution in [1.82, 2.24) is 0 Å². The van der Waals surface area contributed by atoms with Gasteiger partial charge in [-0.15, -0.1) is 0 Å². The third kappa shape index (κ3) is 5.07. The van der Waals surface area contributed by atoms with Crippen molar-refractivity contribution in [3.8, 4) is 0 Å². The molecule has 0 atom stereocenters. The molecule has 5 heteroatoms. The monoisotopic (exact) mass is 395 g/mol. The quantitative estimate of drug-likeness (QED) is 0.433. The molecule has 0 unspecified atom stereocenters. The zero-order valence-corrected chi connectivity index (χ0v) is 15.7. The highest BCUT2D eigenvalue weighted by Gasteiger charge is 2.15. The van der Waals surface area contributed by atoms with Gasteiger partial charge in [-0.2, -0.15) is 0 Å². The first-order valence-electron chi connectivity index (χ1n) is 8.17. The Balaban J connectivity index is 1.81. The Labute approximate surface area is 167 Å². The lowest BCUT2D eigenvalue weighted by Gasteiger charge is -2.10. The fourth-order valence-corrected chi connectivity index (χ4v) is 2.78. The summed E-state index contributed by atoms with van der Waals surface area (Å²) >= 11 is 11.9. The first-order chi connectivity index (χ1) is 13.0. The van der Waals surface area contributed by atoms with Crippen LogP contribution in [0, 0.1) is 0 Å². The standard InChI is InChI=1S/C22H15Cl2NO2/c23-17-9-6-15(7-10-17)8-13-21(26)25-20-12-11-18(24)14-19(20)22(27)16-4-2-1-3-5-16/h1-14H,(H,25,26)/b13-8+. The van der Waals surface area contributed by atoms with Gasteiger partial charge in [0.05, 0.1) is 5.69 Å². The summed E-state index contributed by atoms with van der Waals surface area (Å²) in [6.45, 7) is 0. The van der Waals surface area contributed by atoms with Crippen molar-refractivity contribution in [3.63, 3.8) is 0 Å². The summed E-state index contributed by atoms with van der Waals surface area (Å²) in [5.41, 5.74) is 2.10. The minimum atomic E-state index is -0.352. The fourth-order valence-electron chi connectivity index (χ4n) is 2.48. The van der Waals surface area contributed by atoms with Crippen LogP contribution in [0.25, 0.3) is 6.08 Å². The van der Waals surface area contributed by atoms with E-state index in [2.05, 4.69) is 5.32 Å². The van der Waals surface area contributed by atoms with Crippen LogP contribution in [0.3, 0.4) is 0 Å². The molecule has 0 radical (unpaired) electrons. The summed E-state index contributed by atoms with van der Waals surface area (Å²) in [5, 5.41) is 3.79. The van der Waals surface area contributed by atoms with Crippen molar-refractivity contribution in [2.75, 3.05) is 5.32 Å². The number of benzene rings is 3. The van der Waals surface area contributed by atoms with E-state index in [9.17, 15) is 9.59 Å². The maximum atomic E-state index is 12.8. The number of ketones is 1. The van der Waals surface area contributed by atoms with Gasteiger partial charge in [0.1, 0.15) is 0 Å². The van der Waals surface area contributed by atoms with E-state index in [0.717, 1.165) is 5.56 Å². The van der Waals surface area contributed by atoms with Crippen LogP contribution in [-0.2, 0) is 4.79 Å². The van der Waals surface area contributed by atoms with Crippen LogP contribution in [-0.4, -0.2) is 11.7 Å². The SMILES string of the molecule is O=C(/C=C/c1ccc(Cl)cc1)Nc1ccc(Cl)cc1C(=O)c1ccccc1. The number of hydrogen-bond donors (Lipinski definition) is 1. The topological polar surface area (TPSA) is 46.2 Å². The summed E-state index contributed by atoms with van der Waals surface area (Å²) in [6.07, 6.45) is 3.06. The molecule has 0 heterocycles. The predicted molar refractivity (Wildman–Crippen MR) is 110 cm³/mol. The van der Waals surface area contributed by atoms with E-state index in [1.807, 2.05) is 6.07 Å². The Hall–Kier alpha value is -2.88. The normalized spacial score (nSPS) is 10.7. The number of carbonyl (C=O) groups is 2. The van der Waals surface area contributed by atoms with Crippen LogP contribution in [0.15, 0.2) is 78.9 Å². The van der Waals surface area contributed by atoms with Gasteiger partial charge in [-0.05, 0) is 42.0 Å².